The van der Waals surface area contributed by atoms with Crippen LogP contribution in [0.4, 0.5) is 5.13 Å². The van der Waals surface area contributed by atoms with Gasteiger partial charge in [-0.2, -0.15) is 0 Å². The highest BCUT2D eigenvalue weighted by Crippen LogP contribution is 2.37. The number of ether oxygens (including phenoxy) is 2. The third-order valence-corrected chi connectivity index (χ3v) is 3.60. The van der Waals surface area contributed by atoms with Crippen molar-refractivity contribution in [2.45, 2.75) is 0 Å². The number of anilines is 1. The second kappa shape index (κ2) is 4.62. The molecular formula is C11H9ClN2O3S. The average Bonchev–Trinajstić information content (AvgIpc) is 2.76. The van der Waals surface area contributed by atoms with Gasteiger partial charge in [-0.25, -0.2) is 4.98 Å². The number of hydrogen-bond donors (Lipinski definition) is 1. The van der Waals surface area contributed by atoms with E-state index in [0.29, 0.717) is 29.8 Å². The second-order valence-corrected chi connectivity index (χ2v) is 4.96. The zero-order valence-electron chi connectivity index (χ0n) is 9.23. The highest BCUT2D eigenvalue weighted by Gasteiger charge is 2.15. The van der Waals surface area contributed by atoms with Crippen LogP contribution < -0.4 is 14.8 Å². The SMILES string of the molecule is O=C(CCl)Nc1nc2cc3c(cc2s1)OCCO3. The molecule has 1 N–H and O–H groups in total. The second-order valence-electron chi connectivity index (χ2n) is 3.66. The first-order chi connectivity index (χ1) is 8.76. The van der Waals surface area contributed by atoms with Gasteiger partial charge in [0.15, 0.2) is 16.6 Å². The van der Waals surface area contributed by atoms with E-state index in [1.54, 1.807) is 0 Å². The van der Waals surface area contributed by atoms with Crippen molar-refractivity contribution in [2.75, 3.05) is 24.4 Å². The molecule has 2 heterocycles. The third-order valence-electron chi connectivity index (χ3n) is 2.42. The number of halogens is 1. The number of carbonyl (C=O) groups excluding carboxylic acids is 1. The van der Waals surface area contributed by atoms with E-state index in [0.717, 1.165) is 10.2 Å². The van der Waals surface area contributed by atoms with Crippen LogP contribution in [0, 0.1) is 0 Å². The van der Waals surface area contributed by atoms with Crippen LogP contribution in [0.25, 0.3) is 10.2 Å². The minimum absolute atomic E-state index is 0.0847. The molecule has 0 radical (unpaired) electrons. The van der Waals surface area contributed by atoms with E-state index in [1.165, 1.54) is 11.3 Å². The molecule has 1 aromatic carbocycles. The number of benzene rings is 1. The summed E-state index contributed by atoms with van der Waals surface area (Å²) in [6, 6.07) is 3.69. The van der Waals surface area contributed by atoms with E-state index in [2.05, 4.69) is 10.3 Å². The highest BCUT2D eigenvalue weighted by atomic mass is 35.5. The molecule has 0 unspecified atom stereocenters. The van der Waals surface area contributed by atoms with Crippen molar-refractivity contribution in [2.24, 2.45) is 0 Å². The lowest BCUT2D eigenvalue weighted by atomic mass is 10.3. The van der Waals surface area contributed by atoms with E-state index < -0.39 is 0 Å². The van der Waals surface area contributed by atoms with Crippen molar-refractivity contribution in [1.82, 2.24) is 4.98 Å². The summed E-state index contributed by atoms with van der Waals surface area (Å²) in [7, 11) is 0. The quantitative estimate of drug-likeness (QED) is 0.859. The summed E-state index contributed by atoms with van der Waals surface area (Å²) in [6.45, 7) is 1.09. The maximum absolute atomic E-state index is 11.2. The van der Waals surface area contributed by atoms with Gasteiger partial charge in [0.1, 0.15) is 19.1 Å². The van der Waals surface area contributed by atoms with Crippen LogP contribution in [-0.2, 0) is 4.79 Å². The molecule has 1 aliphatic rings. The molecule has 0 aliphatic carbocycles. The summed E-state index contributed by atoms with van der Waals surface area (Å²) in [6.07, 6.45) is 0. The Balaban J connectivity index is 1.98. The first kappa shape index (κ1) is 11.6. The van der Waals surface area contributed by atoms with E-state index in [-0.39, 0.29) is 11.8 Å². The molecule has 18 heavy (non-hydrogen) atoms. The Hall–Kier alpha value is -1.53. The molecule has 3 rings (SSSR count). The fraction of sp³-hybridized carbons (Fsp3) is 0.273. The van der Waals surface area contributed by atoms with Gasteiger partial charge in [0.25, 0.3) is 0 Å². The van der Waals surface area contributed by atoms with Gasteiger partial charge in [0.05, 0.1) is 10.2 Å². The summed E-state index contributed by atoms with van der Waals surface area (Å²) >= 11 is 6.81. The fourth-order valence-electron chi connectivity index (χ4n) is 1.67. The normalized spacial score (nSPS) is 13.6. The molecule has 1 amide bonds. The number of amides is 1. The third kappa shape index (κ3) is 2.09. The lowest BCUT2D eigenvalue weighted by Gasteiger charge is -2.17. The van der Waals surface area contributed by atoms with Crippen LogP contribution >= 0.6 is 22.9 Å². The minimum atomic E-state index is -0.270. The number of aromatic nitrogens is 1. The molecule has 1 aromatic heterocycles. The van der Waals surface area contributed by atoms with Crippen LogP contribution in [0.2, 0.25) is 0 Å². The molecule has 0 bridgehead atoms. The van der Waals surface area contributed by atoms with Crippen molar-refractivity contribution in [3.8, 4) is 11.5 Å². The van der Waals surface area contributed by atoms with Gasteiger partial charge in [-0.15, -0.1) is 11.6 Å². The topological polar surface area (TPSA) is 60.5 Å². The fourth-order valence-corrected chi connectivity index (χ4v) is 2.63. The van der Waals surface area contributed by atoms with Gasteiger partial charge in [-0.3, -0.25) is 4.79 Å². The Labute approximate surface area is 112 Å². The molecule has 0 saturated carbocycles. The van der Waals surface area contributed by atoms with Crippen molar-refractivity contribution >= 4 is 44.2 Å². The number of hydrogen-bond acceptors (Lipinski definition) is 5. The van der Waals surface area contributed by atoms with E-state index >= 15 is 0 Å². The van der Waals surface area contributed by atoms with E-state index in [9.17, 15) is 4.79 Å². The zero-order valence-corrected chi connectivity index (χ0v) is 10.8. The van der Waals surface area contributed by atoms with Crippen LogP contribution in [0.5, 0.6) is 11.5 Å². The molecular weight excluding hydrogens is 276 g/mol. The summed E-state index contributed by atoms with van der Waals surface area (Å²) in [5.74, 6) is 1.05. The number of rotatable bonds is 2. The van der Waals surface area contributed by atoms with Gasteiger partial charge in [-0.05, 0) is 0 Å². The lowest BCUT2D eigenvalue weighted by Crippen LogP contribution is -2.15. The Morgan fingerprint density at radius 3 is 2.83 bits per heavy atom. The summed E-state index contributed by atoms with van der Waals surface area (Å²) in [5, 5.41) is 3.15. The van der Waals surface area contributed by atoms with Gasteiger partial charge in [-0.1, -0.05) is 11.3 Å². The number of thiazole rings is 1. The Kier molecular flexibility index (Phi) is 2.97. The predicted molar refractivity (Wildman–Crippen MR) is 70.0 cm³/mol. The van der Waals surface area contributed by atoms with Gasteiger partial charge in [0, 0.05) is 12.1 Å². The van der Waals surface area contributed by atoms with Crippen molar-refractivity contribution in [3.05, 3.63) is 12.1 Å². The molecule has 94 valence electrons. The van der Waals surface area contributed by atoms with Crippen molar-refractivity contribution in [3.63, 3.8) is 0 Å². The van der Waals surface area contributed by atoms with Crippen LogP contribution in [0.15, 0.2) is 12.1 Å². The molecule has 2 aromatic rings. The number of fused-ring (bicyclic) bond motifs is 2. The zero-order chi connectivity index (χ0) is 12.5. The summed E-state index contributed by atoms with van der Waals surface area (Å²) < 4.78 is 11.9. The van der Waals surface area contributed by atoms with Gasteiger partial charge < -0.3 is 14.8 Å². The van der Waals surface area contributed by atoms with Crippen molar-refractivity contribution in [1.29, 1.82) is 0 Å². The maximum Gasteiger partial charge on any atom is 0.241 e. The average molecular weight is 285 g/mol. The lowest BCUT2D eigenvalue weighted by molar-refractivity contribution is -0.113. The molecule has 7 heteroatoms. The molecule has 0 saturated heterocycles. The Morgan fingerprint density at radius 1 is 1.39 bits per heavy atom. The molecule has 0 atom stereocenters. The first-order valence-electron chi connectivity index (χ1n) is 5.32. The van der Waals surface area contributed by atoms with Crippen LogP contribution in [0.1, 0.15) is 0 Å². The number of nitrogens with zero attached hydrogens (tertiary/aromatic N) is 1. The van der Waals surface area contributed by atoms with Gasteiger partial charge >= 0.3 is 0 Å². The number of nitrogens with one attached hydrogen (secondary N) is 1. The Morgan fingerprint density at radius 2 is 2.11 bits per heavy atom. The standard InChI is InChI=1S/C11H9ClN2O3S/c12-5-10(15)14-11-13-6-3-7-8(4-9(6)18-11)17-2-1-16-7/h3-4H,1-2,5H2,(H,13,14,15). The maximum atomic E-state index is 11.2. The Bertz CT molecular complexity index is 571. The number of carbonyl (C=O) groups is 1. The molecule has 5 nitrogen and oxygen atoms in total. The van der Waals surface area contributed by atoms with Gasteiger partial charge in [0.2, 0.25) is 5.91 Å². The van der Waals surface area contributed by atoms with Crippen LogP contribution in [-0.4, -0.2) is 30.0 Å². The van der Waals surface area contributed by atoms with Crippen molar-refractivity contribution < 1.29 is 14.3 Å². The molecule has 0 spiro atoms. The predicted octanol–water partition coefficient (Wildman–Crippen LogP) is 2.24. The molecule has 0 fully saturated rings. The largest absolute Gasteiger partial charge is 0.486 e. The molecule has 1 aliphatic heterocycles. The minimum Gasteiger partial charge on any atom is -0.486 e. The summed E-state index contributed by atoms with van der Waals surface area (Å²) in [5.41, 5.74) is 0.772. The van der Waals surface area contributed by atoms with E-state index in [1.807, 2.05) is 12.1 Å². The number of alkyl halides is 1. The van der Waals surface area contributed by atoms with E-state index in [4.69, 9.17) is 21.1 Å². The summed E-state index contributed by atoms with van der Waals surface area (Å²) in [4.78, 5) is 15.5. The highest BCUT2D eigenvalue weighted by molar-refractivity contribution is 7.22. The first-order valence-corrected chi connectivity index (χ1v) is 6.67. The smallest absolute Gasteiger partial charge is 0.241 e. The monoisotopic (exact) mass is 284 g/mol. The van der Waals surface area contributed by atoms with Crippen LogP contribution in [0.3, 0.4) is 0 Å².